The van der Waals surface area contributed by atoms with Gasteiger partial charge in [0.25, 0.3) is 0 Å². The van der Waals surface area contributed by atoms with Gasteiger partial charge in [0.15, 0.2) is 0 Å². The standard InChI is InChI=1S/C9H12BrFN2O4S2/c1-18(14,15)3-2-13-19(16,17)9-4-6(10)7(11)5-8(9)12/h4-5,13H,2-3,12H2,1H3. The van der Waals surface area contributed by atoms with Crippen LogP contribution in [0.15, 0.2) is 21.5 Å². The quantitative estimate of drug-likeness (QED) is 0.729. The van der Waals surface area contributed by atoms with E-state index in [0.717, 1.165) is 18.4 Å². The van der Waals surface area contributed by atoms with Crippen LogP contribution in [0.5, 0.6) is 0 Å². The van der Waals surface area contributed by atoms with Crippen molar-refractivity contribution in [1.29, 1.82) is 0 Å². The van der Waals surface area contributed by atoms with E-state index in [-0.39, 0.29) is 27.4 Å². The third-order valence-corrected chi connectivity index (χ3v) is 5.18. The number of rotatable bonds is 5. The van der Waals surface area contributed by atoms with Crippen molar-refractivity contribution in [2.45, 2.75) is 4.90 Å². The molecule has 0 atom stereocenters. The first-order valence-electron chi connectivity index (χ1n) is 4.95. The fourth-order valence-electron chi connectivity index (χ4n) is 1.22. The zero-order valence-electron chi connectivity index (χ0n) is 9.85. The molecular weight excluding hydrogens is 363 g/mol. The Labute approximate surface area is 119 Å². The van der Waals surface area contributed by atoms with Crippen molar-refractivity contribution in [3.8, 4) is 0 Å². The molecule has 19 heavy (non-hydrogen) atoms. The fraction of sp³-hybridized carbons (Fsp3) is 0.333. The maximum atomic E-state index is 13.1. The molecule has 0 aromatic heterocycles. The predicted octanol–water partition coefficient (Wildman–Crippen LogP) is 0.493. The fourth-order valence-corrected chi connectivity index (χ4v) is 3.48. The Hall–Kier alpha value is -0.710. The minimum Gasteiger partial charge on any atom is -0.398 e. The van der Waals surface area contributed by atoms with Gasteiger partial charge in [-0.3, -0.25) is 0 Å². The number of nitrogens with one attached hydrogen (secondary N) is 1. The van der Waals surface area contributed by atoms with Gasteiger partial charge < -0.3 is 5.73 Å². The highest BCUT2D eigenvalue weighted by atomic mass is 79.9. The van der Waals surface area contributed by atoms with Crippen molar-refractivity contribution in [1.82, 2.24) is 4.72 Å². The summed E-state index contributed by atoms with van der Waals surface area (Å²) >= 11 is 2.85. The molecule has 0 saturated carbocycles. The molecule has 1 aromatic carbocycles. The van der Waals surface area contributed by atoms with Crippen molar-refractivity contribution in [3.05, 3.63) is 22.4 Å². The second kappa shape index (κ2) is 5.73. The molecule has 3 N–H and O–H groups in total. The lowest BCUT2D eigenvalue weighted by molar-refractivity contribution is 0.581. The van der Waals surface area contributed by atoms with Gasteiger partial charge in [0, 0.05) is 12.8 Å². The summed E-state index contributed by atoms with van der Waals surface area (Å²) < 4.78 is 60.7. The van der Waals surface area contributed by atoms with Crippen LogP contribution in [-0.4, -0.2) is 35.4 Å². The lowest BCUT2D eigenvalue weighted by Gasteiger charge is -2.09. The summed E-state index contributed by atoms with van der Waals surface area (Å²) in [5.74, 6) is -1.03. The molecule has 0 unspecified atom stereocenters. The van der Waals surface area contributed by atoms with Crippen molar-refractivity contribution in [2.75, 3.05) is 24.3 Å². The molecule has 0 radical (unpaired) electrons. The number of halogens is 2. The van der Waals surface area contributed by atoms with E-state index < -0.39 is 25.7 Å². The summed E-state index contributed by atoms with van der Waals surface area (Å²) in [4.78, 5) is -0.311. The van der Waals surface area contributed by atoms with Crippen LogP contribution in [0.4, 0.5) is 10.1 Å². The van der Waals surface area contributed by atoms with Crippen LogP contribution >= 0.6 is 15.9 Å². The summed E-state index contributed by atoms with van der Waals surface area (Å²) in [5, 5.41) is 0. The lowest BCUT2D eigenvalue weighted by Crippen LogP contribution is -2.29. The van der Waals surface area contributed by atoms with Crippen LogP contribution in [0.1, 0.15) is 0 Å². The van der Waals surface area contributed by atoms with E-state index in [4.69, 9.17) is 5.73 Å². The Balaban J connectivity index is 2.98. The number of hydrogen-bond acceptors (Lipinski definition) is 5. The maximum Gasteiger partial charge on any atom is 0.242 e. The largest absolute Gasteiger partial charge is 0.398 e. The molecule has 0 amide bonds. The maximum absolute atomic E-state index is 13.1. The van der Waals surface area contributed by atoms with Gasteiger partial charge in [-0.05, 0) is 28.1 Å². The SMILES string of the molecule is CS(=O)(=O)CCNS(=O)(=O)c1cc(Br)c(F)cc1N. The molecule has 0 saturated heterocycles. The molecule has 0 aliphatic carbocycles. The van der Waals surface area contributed by atoms with Crippen LogP contribution in [0.2, 0.25) is 0 Å². The topological polar surface area (TPSA) is 106 Å². The number of nitrogen functional groups attached to an aromatic ring is 1. The Kier molecular flexibility index (Phi) is 4.93. The molecule has 0 aliphatic rings. The molecule has 0 bridgehead atoms. The second-order valence-electron chi connectivity index (χ2n) is 3.83. The Morgan fingerprint density at radius 1 is 1.32 bits per heavy atom. The van der Waals surface area contributed by atoms with Crippen molar-refractivity contribution in [2.24, 2.45) is 0 Å². The minimum atomic E-state index is -3.99. The first-order chi connectivity index (χ1) is 8.53. The molecule has 0 heterocycles. The van der Waals surface area contributed by atoms with Gasteiger partial charge in [-0.1, -0.05) is 0 Å². The third-order valence-electron chi connectivity index (χ3n) is 2.11. The monoisotopic (exact) mass is 374 g/mol. The lowest BCUT2D eigenvalue weighted by atomic mass is 10.3. The van der Waals surface area contributed by atoms with Gasteiger partial charge >= 0.3 is 0 Å². The van der Waals surface area contributed by atoms with Crippen LogP contribution in [0.3, 0.4) is 0 Å². The number of sulfonamides is 1. The Morgan fingerprint density at radius 3 is 2.42 bits per heavy atom. The molecule has 108 valence electrons. The van der Waals surface area contributed by atoms with Crippen LogP contribution in [0.25, 0.3) is 0 Å². The highest BCUT2D eigenvalue weighted by Gasteiger charge is 2.19. The van der Waals surface area contributed by atoms with Crippen LogP contribution in [0, 0.1) is 5.82 Å². The van der Waals surface area contributed by atoms with Crippen LogP contribution in [-0.2, 0) is 19.9 Å². The molecule has 10 heteroatoms. The van der Waals surface area contributed by atoms with Crippen molar-refractivity contribution in [3.63, 3.8) is 0 Å². The summed E-state index contributed by atoms with van der Waals surface area (Å²) in [6, 6.07) is 1.89. The molecule has 0 aliphatic heterocycles. The molecule has 1 aromatic rings. The normalized spacial score (nSPS) is 12.6. The molecule has 1 rings (SSSR count). The Bertz CT molecular complexity index is 688. The van der Waals surface area contributed by atoms with E-state index in [1.807, 2.05) is 0 Å². The van der Waals surface area contributed by atoms with Gasteiger partial charge in [0.1, 0.15) is 20.5 Å². The first kappa shape index (κ1) is 16.3. The number of nitrogens with two attached hydrogens (primary N) is 1. The predicted molar refractivity (Wildman–Crippen MR) is 73.4 cm³/mol. The van der Waals surface area contributed by atoms with E-state index in [1.54, 1.807) is 0 Å². The van der Waals surface area contributed by atoms with E-state index in [0.29, 0.717) is 0 Å². The highest BCUT2D eigenvalue weighted by Crippen LogP contribution is 2.25. The molecular formula is C9H12BrFN2O4S2. The highest BCUT2D eigenvalue weighted by molar-refractivity contribution is 9.10. The van der Waals surface area contributed by atoms with Crippen molar-refractivity contribution >= 4 is 41.5 Å². The second-order valence-corrected chi connectivity index (χ2v) is 8.68. The van der Waals surface area contributed by atoms with Gasteiger partial charge in [-0.25, -0.2) is 25.9 Å². The zero-order valence-corrected chi connectivity index (χ0v) is 13.1. The molecule has 0 fully saturated rings. The van der Waals surface area contributed by atoms with E-state index in [9.17, 15) is 21.2 Å². The first-order valence-corrected chi connectivity index (χ1v) is 9.28. The van der Waals surface area contributed by atoms with Crippen LogP contribution < -0.4 is 10.5 Å². The summed E-state index contributed by atoms with van der Waals surface area (Å²) in [7, 11) is -7.27. The van der Waals surface area contributed by atoms with Gasteiger partial charge in [-0.2, -0.15) is 0 Å². The van der Waals surface area contributed by atoms with Gasteiger partial charge in [-0.15, -0.1) is 0 Å². The number of anilines is 1. The minimum absolute atomic E-state index is 0.0508. The third kappa shape index (κ3) is 4.71. The van der Waals surface area contributed by atoms with E-state index in [2.05, 4.69) is 20.7 Å². The molecule has 6 nitrogen and oxygen atoms in total. The summed E-state index contributed by atoms with van der Waals surface area (Å²) in [6.45, 7) is -0.282. The van der Waals surface area contributed by atoms with Gasteiger partial charge in [0.05, 0.1) is 15.9 Å². The average molecular weight is 375 g/mol. The summed E-state index contributed by atoms with van der Waals surface area (Å²) in [6.07, 6.45) is 0.990. The van der Waals surface area contributed by atoms with E-state index >= 15 is 0 Å². The smallest absolute Gasteiger partial charge is 0.242 e. The zero-order chi connectivity index (χ0) is 14.8. The Morgan fingerprint density at radius 2 is 1.89 bits per heavy atom. The summed E-state index contributed by atoms with van der Waals surface area (Å²) in [5.41, 5.74) is 5.18. The average Bonchev–Trinajstić information content (AvgIpc) is 2.20. The number of hydrogen-bond donors (Lipinski definition) is 2. The number of sulfone groups is 1. The number of benzene rings is 1. The van der Waals surface area contributed by atoms with E-state index in [1.165, 1.54) is 0 Å². The van der Waals surface area contributed by atoms with Gasteiger partial charge in [0.2, 0.25) is 10.0 Å². The molecule has 0 spiro atoms. The van der Waals surface area contributed by atoms with Crippen molar-refractivity contribution < 1.29 is 21.2 Å².